The summed E-state index contributed by atoms with van der Waals surface area (Å²) in [5.74, 6) is -0.00143. The van der Waals surface area contributed by atoms with Crippen LogP contribution in [0, 0.1) is 0 Å². The molecular formula is C21H43NO2. The van der Waals surface area contributed by atoms with Crippen molar-refractivity contribution in [1.82, 2.24) is 5.32 Å². The fourth-order valence-corrected chi connectivity index (χ4v) is 3.08. The van der Waals surface area contributed by atoms with Crippen molar-refractivity contribution >= 4 is 5.91 Å². The molecule has 3 nitrogen and oxygen atoms in total. The number of nitrogens with one attached hydrogen (secondary N) is 1. The molecule has 0 saturated heterocycles. The van der Waals surface area contributed by atoms with Gasteiger partial charge in [-0.1, -0.05) is 103 Å². The van der Waals surface area contributed by atoms with Gasteiger partial charge >= 0.3 is 0 Å². The number of ether oxygens (including phenoxy) is 1. The molecule has 0 spiro atoms. The Morgan fingerprint density at radius 1 is 0.667 bits per heavy atom. The van der Waals surface area contributed by atoms with E-state index in [0.717, 1.165) is 13.0 Å². The lowest BCUT2D eigenvalue weighted by Crippen LogP contribution is -2.27. The van der Waals surface area contributed by atoms with Gasteiger partial charge in [-0.3, -0.25) is 4.79 Å². The van der Waals surface area contributed by atoms with E-state index in [9.17, 15) is 4.79 Å². The smallest absolute Gasteiger partial charge is 0.245 e. The summed E-state index contributed by atoms with van der Waals surface area (Å²) < 4.78 is 4.78. The van der Waals surface area contributed by atoms with E-state index < -0.39 is 0 Å². The highest BCUT2D eigenvalue weighted by atomic mass is 16.5. The fraction of sp³-hybridized carbons (Fsp3) is 0.952. The first kappa shape index (κ1) is 23.4. The molecule has 144 valence electrons. The Bertz CT molecular complexity index is 256. The first-order chi connectivity index (χ1) is 11.8. The van der Waals surface area contributed by atoms with E-state index in [1.165, 1.54) is 96.3 Å². The number of methoxy groups -OCH3 is 1. The predicted molar refractivity (Wildman–Crippen MR) is 104 cm³/mol. The second-order valence-corrected chi connectivity index (χ2v) is 7.09. The maximum absolute atomic E-state index is 11.2. The Kier molecular flexibility index (Phi) is 20.0. The summed E-state index contributed by atoms with van der Waals surface area (Å²) >= 11 is 0. The molecule has 0 aliphatic rings. The van der Waals surface area contributed by atoms with Crippen molar-refractivity contribution in [3.63, 3.8) is 0 Å². The second kappa shape index (κ2) is 20.5. The summed E-state index contributed by atoms with van der Waals surface area (Å²) in [6.07, 6.45) is 22.1. The molecule has 0 aromatic carbocycles. The van der Waals surface area contributed by atoms with Crippen molar-refractivity contribution in [3.05, 3.63) is 0 Å². The Morgan fingerprint density at radius 2 is 1.04 bits per heavy atom. The molecule has 0 heterocycles. The maximum atomic E-state index is 11.2. The summed E-state index contributed by atoms with van der Waals surface area (Å²) in [5.41, 5.74) is 0. The summed E-state index contributed by atoms with van der Waals surface area (Å²) in [4.78, 5) is 11.2. The monoisotopic (exact) mass is 341 g/mol. The normalized spacial score (nSPS) is 10.9. The highest BCUT2D eigenvalue weighted by Gasteiger charge is 1.98. The molecule has 0 saturated carbocycles. The molecule has 0 bridgehead atoms. The van der Waals surface area contributed by atoms with Gasteiger partial charge in [0.1, 0.15) is 6.61 Å². The van der Waals surface area contributed by atoms with E-state index in [1.54, 1.807) is 7.11 Å². The predicted octanol–water partition coefficient (Wildman–Crippen LogP) is 6.01. The first-order valence-corrected chi connectivity index (χ1v) is 10.6. The summed E-state index contributed by atoms with van der Waals surface area (Å²) in [6, 6.07) is 0. The van der Waals surface area contributed by atoms with Gasteiger partial charge < -0.3 is 10.1 Å². The van der Waals surface area contributed by atoms with Gasteiger partial charge in [0.15, 0.2) is 0 Å². The lowest BCUT2D eigenvalue weighted by atomic mass is 10.0. The minimum absolute atomic E-state index is 0.00143. The summed E-state index contributed by atoms with van der Waals surface area (Å²) in [6.45, 7) is 3.25. The molecule has 0 aromatic rings. The molecule has 0 aliphatic carbocycles. The van der Waals surface area contributed by atoms with Crippen LogP contribution in [0.25, 0.3) is 0 Å². The van der Waals surface area contributed by atoms with Crippen LogP contribution < -0.4 is 5.32 Å². The van der Waals surface area contributed by atoms with E-state index in [4.69, 9.17) is 4.74 Å². The van der Waals surface area contributed by atoms with Crippen LogP contribution in [0.2, 0.25) is 0 Å². The molecule has 0 aromatic heterocycles. The van der Waals surface area contributed by atoms with E-state index in [1.807, 2.05) is 0 Å². The molecule has 3 heteroatoms. The zero-order valence-electron chi connectivity index (χ0n) is 16.5. The SMILES string of the molecule is CCCCCCCCCCCCCCCCCCNC(=O)COC. The standard InChI is InChI=1S/C21H43NO2/c1-3-4-5-6-7-8-9-10-11-12-13-14-15-16-17-18-19-22-21(23)20-24-2/h3-20H2,1-2H3,(H,22,23). The second-order valence-electron chi connectivity index (χ2n) is 7.09. The average molecular weight is 342 g/mol. The van der Waals surface area contributed by atoms with Gasteiger partial charge in [-0.15, -0.1) is 0 Å². The average Bonchev–Trinajstić information content (AvgIpc) is 2.58. The van der Waals surface area contributed by atoms with Crippen molar-refractivity contribution in [2.75, 3.05) is 20.3 Å². The number of carbonyl (C=O) groups is 1. The lowest BCUT2D eigenvalue weighted by molar-refractivity contribution is -0.124. The quantitative estimate of drug-likeness (QED) is 0.292. The fourth-order valence-electron chi connectivity index (χ4n) is 3.08. The van der Waals surface area contributed by atoms with Gasteiger partial charge in [-0.25, -0.2) is 0 Å². The molecule has 0 aliphatic heterocycles. The van der Waals surface area contributed by atoms with Gasteiger partial charge in [0, 0.05) is 13.7 Å². The van der Waals surface area contributed by atoms with Crippen LogP contribution in [-0.4, -0.2) is 26.2 Å². The molecule has 0 unspecified atom stereocenters. The first-order valence-electron chi connectivity index (χ1n) is 10.6. The van der Waals surface area contributed by atoms with Crippen molar-refractivity contribution in [3.8, 4) is 0 Å². The number of hydrogen-bond acceptors (Lipinski definition) is 2. The number of carbonyl (C=O) groups excluding carboxylic acids is 1. The molecule has 0 rings (SSSR count). The number of hydrogen-bond donors (Lipinski definition) is 1. The molecule has 24 heavy (non-hydrogen) atoms. The summed E-state index contributed by atoms with van der Waals surface area (Å²) in [7, 11) is 1.55. The molecule has 0 fully saturated rings. The topological polar surface area (TPSA) is 38.3 Å². The van der Waals surface area contributed by atoms with Crippen LogP contribution in [0.1, 0.15) is 110 Å². The molecule has 0 radical (unpaired) electrons. The van der Waals surface area contributed by atoms with Crippen LogP contribution in [0.5, 0.6) is 0 Å². The number of amides is 1. The minimum atomic E-state index is -0.00143. The molecule has 1 amide bonds. The zero-order chi connectivity index (χ0) is 17.7. The van der Waals surface area contributed by atoms with Crippen LogP contribution in [-0.2, 0) is 9.53 Å². The number of rotatable bonds is 19. The van der Waals surface area contributed by atoms with Crippen LogP contribution in [0.3, 0.4) is 0 Å². The Labute approximate surface area is 151 Å². The molecule has 0 atom stereocenters. The van der Waals surface area contributed by atoms with Gasteiger partial charge in [0.2, 0.25) is 5.91 Å². The highest BCUT2D eigenvalue weighted by Crippen LogP contribution is 2.13. The van der Waals surface area contributed by atoms with Gasteiger partial charge in [-0.2, -0.15) is 0 Å². The van der Waals surface area contributed by atoms with Gasteiger partial charge in [-0.05, 0) is 6.42 Å². The van der Waals surface area contributed by atoms with E-state index in [0.29, 0.717) is 0 Å². The van der Waals surface area contributed by atoms with Gasteiger partial charge in [0.05, 0.1) is 0 Å². The number of unbranched alkanes of at least 4 members (excludes halogenated alkanes) is 15. The highest BCUT2D eigenvalue weighted by molar-refractivity contribution is 5.77. The zero-order valence-corrected chi connectivity index (χ0v) is 16.5. The Hall–Kier alpha value is -0.570. The van der Waals surface area contributed by atoms with Crippen molar-refractivity contribution < 1.29 is 9.53 Å². The maximum Gasteiger partial charge on any atom is 0.245 e. The minimum Gasteiger partial charge on any atom is -0.375 e. The third-order valence-corrected chi connectivity index (χ3v) is 4.63. The van der Waals surface area contributed by atoms with E-state index in [2.05, 4.69) is 12.2 Å². The third-order valence-electron chi connectivity index (χ3n) is 4.63. The van der Waals surface area contributed by atoms with Crippen molar-refractivity contribution in [2.45, 2.75) is 110 Å². The van der Waals surface area contributed by atoms with E-state index in [-0.39, 0.29) is 12.5 Å². The van der Waals surface area contributed by atoms with Crippen molar-refractivity contribution in [2.24, 2.45) is 0 Å². The van der Waals surface area contributed by atoms with Crippen molar-refractivity contribution in [1.29, 1.82) is 0 Å². The molecule has 1 N–H and O–H groups in total. The molecular weight excluding hydrogens is 298 g/mol. The van der Waals surface area contributed by atoms with Crippen LogP contribution in [0.4, 0.5) is 0 Å². The van der Waals surface area contributed by atoms with Crippen LogP contribution in [0.15, 0.2) is 0 Å². The van der Waals surface area contributed by atoms with Crippen LogP contribution >= 0.6 is 0 Å². The largest absolute Gasteiger partial charge is 0.375 e. The van der Waals surface area contributed by atoms with Gasteiger partial charge in [0.25, 0.3) is 0 Å². The van der Waals surface area contributed by atoms with E-state index >= 15 is 0 Å². The Balaban J connectivity index is 3.01. The Morgan fingerprint density at radius 3 is 1.42 bits per heavy atom. The summed E-state index contributed by atoms with van der Waals surface area (Å²) in [5, 5.41) is 2.87. The third kappa shape index (κ3) is 19.5. The lowest BCUT2D eigenvalue weighted by Gasteiger charge is -2.05.